The minimum absolute atomic E-state index is 0.388. The van der Waals surface area contributed by atoms with Crippen LogP contribution in [0.15, 0.2) is 0 Å². The molecule has 0 amide bonds. The van der Waals surface area contributed by atoms with Crippen LogP contribution in [-0.2, 0) is 9.47 Å². The van der Waals surface area contributed by atoms with E-state index < -0.39 is 6.10 Å². The van der Waals surface area contributed by atoms with Gasteiger partial charge in [-0.25, -0.2) is 0 Å². The lowest BCUT2D eigenvalue weighted by Crippen LogP contribution is -2.55. The van der Waals surface area contributed by atoms with E-state index in [4.69, 9.17) is 9.47 Å². The van der Waals surface area contributed by atoms with Crippen LogP contribution in [0.4, 0.5) is 0 Å². The van der Waals surface area contributed by atoms with Crippen molar-refractivity contribution in [3.8, 4) is 0 Å². The van der Waals surface area contributed by atoms with Crippen LogP contribution in [0.25, 0.3) is 0 Å². The lowest BCUT2D eigenvalue weighted by Gasteiger charge is -2.47. The fraction of sp³-hybridized carbons (Fsp3) is 1.00. The van der Waals surface area contributed by atoms with E-state index >= 15 is 0 Å². The molecule has 3 atom stereocenters. The second-order valence-corrected chi connectivity index (χ2v) is 6.41. The normalized spacial score (nSPS) is 31.3. The number of hydrogen-bond donors (Lipinski definition) is 2. The number of hydrogen-bond acceptors (Lipinski definition) is 5. The molecule has 0 spiro atoms. The number of aliphatic hydroxyl groups is 1. The standard InChI is InChI=1S/C16H32N2O3/c1-3-20-7-8-21-12-16(19)11-17-13-9-14-5-4-6-15(10-13)18(14)2/h13-17,19H,3-12H2,1-2H3. The molecule has 0 radical (unpaired) electrons. The Bertz CT molecular complexity index is 277. The van der Waals surface area contributed by atoms with Crippen molar-refractivity contribution in [3.05, 3.63) is 0 Å². The molecule has 0 aromatic rings. The SMILES string of the molecule is CCOCCOCC(O)CNC1CC2CCCC(C1)N2C. The summed E-state index contributed by atoms with van der Waals surface area (Å²) in [7, 11) is 2.27. The fourth-order valence-electron chi connectivity index (χ4n) is 3.63. The molecule has 2 aliphatic rings. The van der Waals surface area contributed by atoms with Crippen LogP contribution in [0.3, 0.4) is 0 Å². The van der Waals surface area contributed by atoms with E-state index in [1.807, 2.05) is 6.92 Å². The third-order valence-corrected chi connectivity index (χ3v) is 4.87. The number of fused-ring (bicyclic) bond motifs is 2. The summed E-state index contributed by atoms with van der Waals surface area (Å²) in [5.41, 5.74) is 0. The monoisotopic (exact) mass is 300 g/mol. The number of aliphatic hydroxyl groups excluding tert-OH is 1. The van der Waals surface area contributed by atoms with Crippen molar-refractivity contribution >= 4 is 0 Å². The molecule has 2 aliphatic heterocycles. The zero-order valence-corrected chi connectivity index (χ0v) is 13.6. The molecule has 2 saturated heterocycles. The van der Waals surface area contributed by atoms with Gasteiger partial charge in [0.25, 0.3) is 0 Å². The molecule has 0 aliphatic carbocycles. The van der Waals surface area contributed by atoms with Crippen molar-refractivity contribution in [2.45, 2.75) is 63.3 Å². The number of nitrogens with zero attached hydrogens (tertiary/aromatic N) is 1. The topological polar surface area (TPSA) is 54.0 Å². The maximum Gasteiger partial charge on any atom is 0.0897 e. The summed E-state index contributed by atoms with van der Waals surface area (Å²) in [6.07, 6.45) is 6.03. The second kappa shape index (κ2) is 9.06. The molecule has 2 fully saturated rings. The van der Waals surface area contributed by atoms with Crippen molar-refractivity contribution in [2.75, 3.05) is 40.0 Å². The minimum Gasteiger partial charge on any atom is -0.389 e. The van der Waals surface area contributed by atoms with Crippen molar-refractivity contribution in [3.63, 3.8) is 0 Å². The maximum atomic E-state index is 9.95. The molecule has 0 aromatic heterocycles. The van der Waals surface area contributed by atoms with Gasteiger partial charge in [-0.15, -0.1) is 0 Å². The van der Waals surface area contributed by atoms with Gasteiger partial charge in [-0.1, -0.05) is 6.42 Å². The van der Waals surface area contributed by atoms with Gasteiger partial charge in [-0.05, 0) is 39.7 Å². The second-order valence-electron chi connectivity index (χ2n) is 6.41. The Labute approximate surface area is 129 Å². The van der Waals surface area contributed by atoms with Gasteiger partial charge in [0, 0.05) is 31.3 Å². The van der Waals surface area contributed by atoms with Crippen molar-refractivity contribution in [2.24, 2.45) is 0 Å². The first-order valence-electron chi connectivity index (χ1n) is 8.49. The number of piperidine rings is 2. The summed E-state index contributed by atoms with van der Waals surface area (Å²) >= 11 is 0. The molecule has 21 heavy (non-hydrogen) atoms. The van der Waals surface area contributed by atoms with Gasteiger partial charge in [-0.2, -0.15) is 0 Å². The third-order valence-electron chi connectivity index (χ3n) is 4.87. The third kappa shape index (κ3) is 5.49. The lowest BCUT2D eigenvalue weighted by atomic mass is 9.82. The summed E-state index contributed by atoms with van der Waals surface area (Å²) < 4.78 is 10.6. The molecule has 3 unspecified atom stereocenters. The molecule has 0 aromatic carbocycles. The zero-order valence-electron chi connectivity index (χ0n) is 13.6. The van der Waals surface area contributed by atoms with E-state index in [0.717, 1.165) is 12.1 Å². The highest BCUT2D eigenvalue weighted by atomic mass is 16.5. The smallest absolute Gasteiger partial charge is 0.0897 e. The van der Waals surface area contributed by atoms with Gasteiger partial charge in [-0.3, -0.25) is 0 Å². The molecule has 2 N–H and O–H groups in total. The average Bonchev–Trinajstić information content (AvgIpc) is 2.45. The highest BCUT2D eigenvalue weighted by Crippen LogP contribution is 2.32. The fourth-order valence-corrected chi connectivity index (χ4v) is 3.63. The van der Waals surface area contributed by atoms with E-state index in [0.29, 0.717) is 39.0 Å². The highest BCUT2D eigenvalue weighted by Gasteiger charge is 2.35. The number of rotatable bonds is 9. The van der Waals surface area contributed by atoms with Crippen LogP contribution in [0, 0.1) is 0 Å². The predicted molar refractivity (Wildman–Crippen MR) is 83.5 cm³/mol. The Morgan fingerprint density at radius 2 is 1.86 bits per heavy atom. The summed E-state index contributed by atoms with van der Waals surface area (Å²) in [5, 5.41) is 13.5. The Balaban J connectivity index is 1.58. The first kappa shape index (κ1) is 17.2. The van der Waals surface area contributed by atoms with Crippen LogP contribution >= 0.6 is 0 Å². The first-order valence-corrected chi connectivity index (χ1v) is 8.49. The Kier molecular flexibility index (Phi) is 7.40. The van der Waals surface area contributed by atoms with Gasteiger partial charge < -0.3 is 24.8 Å². The van der Waals surface area contributed by atoms with E-state index in [1.165, 1.54) is 32.1 Å². The van der Waals surface area contributed by atoms with Gasteiger partial charge in [0.2, 0.25) is 0 Å². The zero-order chi connectivity index (χ0) is 15.1. The van der Waals surface area contributed by atoms with Crippen LogP contribution in [0.2, 0.25) is 0 Å². The van der Waals surface area contributed by atoms with Crippen LogP contribution in [0.5, 0.6) is 0 Å². The quantitative estimate of drug-likeness (QED) is 0.622. The summed E-state index contributed by atoms with van der Waals surface area (Å²) in [6, 6.07) is 2.01. The Morgan fingerprint density at radius 3 is 2.52 bits per heavy atom. The summed E-state index contributed by atoms with van der Waals surface area (Å²) in [5.74, 6) is 0. The lowest BCUT2D eigenvalue weighted by molar-refractivity contribution is 0.00177. The molecule has 5 nitrogen and oxygen atoms in total. The van der Waals surface area contributed by atoms with Crippen LogP contribution in [0.1, 0.15) is 39.0 Å². The molecule has 0 saturated carbocycles. The molecule has 2 rings (SSSR count). The Hall–Kier alpha value is -0.200. The molecular formula is C16H32N2O3. The van der Waals surface area contributed by atoms with Gasteiger partial charge in [0.1, 0.15) is 0 Å². The van der Waals surface area contributed by atoms with E-state index in [-0.39, 0.29) is 0 Å². The highest BCUT2D eigenvalue weighted by molar-refractivity contribution is 4.93. The van der Waals surface area contributed by atoms with Gasteiger partial charge >= 0.3 is 0 Å². The van der Waals surface area contributed by atoms with Crippen molar-refractivity contribution < 1.29 is 14.6 Å². The first-order chi connectivity index (χ1) is 10.2. The predicted octanol–water partition coefficient (Wildman–Crippen LogP) is 1.01. The summed E-state index contributed by atoms with van der Waals surface area (Å²) in [4.78, 5) is 2.56. The van der Waals surface area contributed by atoms with E-state index in [9.17, 15) is 5.11 Å². The molecule has 5 heteroatoms. The van der Waals surface area contributed by atoms with Crippen LogP contribution in [-0.4, -0.2) is 74.3 Å². The number of ether oxygens (including phenoxy) is 2. The average molecular weight is 300 g/mol. The maximum absolute atomic E-state index is 9.95. The summed E-state index contributed by atoms with van der Waals surface area (Å²) in [6.45, 7) is 4.86. The molecular weight excluding hydrogens is 268 g/mol. The number of nitrogens with one attached hydrogen (secondary N) is 1. The largest absolute Gasteiger partial charge is 0.389 e. The van der Waals surface area contributed by atoms with Crippen LogP contribution < -0.4 is 5.32 Å². The Morgan fingerprint density at radius 1 is 1.19 bits per heavy atom. The van der Waals surface area contributed by atoms with Crippen molar-refractivity contribution in [1.29, 1.82) is 0 Å². The van der Waals surface area contributed by atoms with Gasteiger partial charge in [0.15, 0.2) is 0 Å². The van der Waals surface area contributed by atoms with E-state index in [1.54, 1.807) is 0 Å². The van der Waals surface area contributed by atoms with Gasteiger partial charge in [0.05, 0.1) is 25.9 Å². The minimum atomic E-state index is -0.425. The molecule has 2 bridgehead atoms. The molecule has 124 valence electrons. The van der Waals surface area contributed by atoms with Crippen molar-refractivity contribution in [1.82, 2.24) is 10.2 Å². The molecule has 2 heterocycles. The van der Waals surface area contributed by atoms with E-state index in [2.05, 4.69) is 17.3 Å².